The summed E-state index contributed by atoms with van der Waals surface area (Å²) < 4.78 is 0. The average molecular weight is 196 g/mol. The smallest absolute Gasteiger partial charge is 0.209 e. The number of guanidine groups is 1. The zero-order chi connectivity index (χ0) is 10.6. The van der Waals surface area contributed by atoms with E-state index in [0.717, 1.165) is 38.5 Å². The van der Waals surface area contributed by atoms with Crippen LogP contribution in [0.1, 0.15) is 32.1 Å². The minimum Gasteiger partial charge on any atom is -0.369 e. The molecule has 78 valence electrons. The van der Waals surface area contributed by atoms with Crippen molar-refractivity contribution in [3.05, 3.63) is 0 Å². The van der Waals surface area contributed by atoms with Gasteiger partial charge in [-0.1, -0.05) is 12.8 Å². The van der Waals surface area contributed by atoms with E-state index in [1.54, 1.807) is 6.19 Å². The van der Waals surface area contributed by atoms with Crippen LogP contribution in [0.15, 0.2) is 4.99 Å². The van der Waals surface area contributed by atoms with Gasteiger partial charge >= 0.3 is 0 Å². The van der Waals surface area contributed by atoms with Crippen molar-refractivity contribution < 1.29 is 4.79 Å². The summed E-state index contributed by atoms with van der Waals surface area (Å²) in [6, 6.07) is 0. The van der Waals surface area contributed by atoms with Gasteiger partial charge in [-0.15, -0.1) is 4.99 Å². The maximum Gasteiger partial charge on any atom is 0.209 e. The number of nitrogens with two attached hydrogens (primary N) is 1. The van der Waals surface area contributed by atoms with Crippen molar-refractivity contribution >= 4 is 12.2 Å². The zero-order valence-corrected chi connectivity index (χ0v) is 8.20. The van der Waals surface area contributed by atoms with Gasteiger partial charge in [-0.05, 0) is 12.8 Å². The van der Waals surface area contributed by atoms with Crippen LogP contribution in [0.3, 0.4) is 0 Å². The summed E-state index contributed by atoms with van der Waals surface area (Å²) in [6.07, 6.45) is 7.21. The molecular formula is C9H16N4O. The topological polar surface area (TPSA) is 91.3 Å². The van der Waals surface area contributed by atoms with Crippen LogP contribution >= 0.6 is 0 Å². The molecule has 5 nitrogen and oxygen atoms in total. The minimum atomic E-state index is 0.167. The van der Waals surface area contributed by atoms with E-state index in [-0.39, 0.29) is 5.96 Å². The van der Waals surface area contributed by atoms with Gasteiger partial charge in [0.25, 0.3) is 0 Å². The maximum absolute atomic E-state index is 9.98. The molecule has 0 amide bonds. The van der Waals surface area contributed by atoms with Gasteiger partial charge in [-0.2, -0.15) is 5.26 Å². The predicted octanol–water partition coefficient (Wildman–Crippen LogP) is 0.521. The number of aldehydes is 1. The molecule has 0 heterocycles. The number of carbonyl (C=O) groups excluding carboxylic acids is 1. The van der Waals surface area contributed by atoms with E-state index < -0.39 is 0 Å². The van der Waals surface area contributed by atoms with Crippen molar-refractivity contribution in [2.24, 2.45) is 10.7 Å². The summed E-state index contributed by atoms with van der Waals surface area (Å²) in [5.41, 5.74) is 5.32. The van der Waals surface area contributed by atoms with E-state index in [0.29, 0.717) is 6.42 Å². The lowest BCUT2D eigenvalue weighted by Gasteiger charge is -2.02. The number of unbranched alkanes of at least 4 members (excludes halogenated alkanes) is 4. The van der Waals surface area contributed by atoms with Crippen LogP contribution in [0, 0.1) is 11.5 Å². The third-order valence-electron chi connectivity index (χ3n) is 1.73. The molecule has 0 spiro atoms. The van der Waals surface area contributed by atoms with Crippen LogP contribution in [0.4, 0.5) is 0 Å². The van der Waals surface area contributed by atoms with Gasteiger partial charge in [0.15, 0.2) is 0 Å². The summed E-state index contributed by atoms with van der Waals surface area (Å²) in [6.45, 7) is 0.720. The quantitative estimate of drug-likeness (QED) is 0.204. The SMILES string of the molecule is N#CN=C(N)NCCCCCCC=O. The standard InChI is InChI=1S/C9H16N4O/c10-8-13-9(11)12-6-4-2-1-3-5-7-14/h7H,1-6H2,(H3,11,12,13). The molecule has 5 heteroatoms. The Labute approximate surface area is 84.0 Å². The number of rotatable bonds is 7. The molecule has 0 saturated heterocycles. The molecule has 0 radical (unpaired) electrons. The molecule has 0 aromatic heterocycles. The Kier molecular flexibility index (Phi) is 8.45. The number of aliphatic imine (C=N–C) groups is 1. The van der Waals surface area contributed by atoms with Gasteiger partial charge in [0.05, 0.1) is 0 Å². The van der Waals surface area contributed by atoms with Crippen molar-refractivity contribution in [2.75, 3.05) is 6.54 Å². The first-order chi connectivity index (χ1) is 6.81. The Balaban J connectivity index is 3.18. The lowest BCUT2D eigenvalue weighted by molar-refractivity contribution is -0.107. The minimum absolute atomic E-state index is 0.167. The van der Waals surface area contributed by atoms with E-state index in [1.165, 1.54) is 0 Å². The number of hydrogen-bond acceptors (Lipinski definition) is 3. The van der Waals surface area contributed by atoms with Crippen LogP contribution in [0.25, 0.3) is 0 Å². The highest BCUT2D eigenvalue weighted by atomic mass is 16.1. The van der Waals surface area contributed by atoms with Crippen LogP contribution in [0.2, 0.25) is 0 Å². The highest BCUT2D eigenvalue weighted by molar-refractivity contribution is 5.78. The largest absolute Gasteiger partial charge is 0.369 e. The Morgan fingerprint density at radius 1 is 1.43 bits per heavy atom. The third-order valence-corrected chi connectivity index (χ3v) is 1.73. The van der Waals surface area contributed by atoms with E-state index >= 15 is 0 Å². The predicted molar refractivity (Wildman–Crippen MR) is 54.4 cm³/mol. The molecule has 0 bridgehead atoms. The molecule has 0 unspecified atom stereocenters. The number of nitriles is 1. The zero-order valence-electron chi connectivity index (χ0n) is 8.20. The Morgan fingerprint density at radius 3 is 2.79 bits per heavy atom. The van der Waals surface area contributed by atoms with E-state index in [1.807, 2.05) is 0 Å². The second-order valence-electron chi connectivity index (χ2n) is 2.89. The van der Waals surface area contributed by atoms with Gasteiger partial charge in [0.1, 0.15) is 6.29 Å². The molecular weight excluding hydrogens is 180 g/mol. The normalized spacial score (nSPS) is 10.6. The van der Waals surface area contributed by atoms with Crippen LogP contribution in [-0.2, 0) is 4.79 Å². The molecule has 3 N–H and O–H groups in total. The molecule has 0 aromatic carbocycles. The molecule has 0 aromatic rings. The average Bonchev–Trinajstić information content (AvgIpc) is 2.17. The lowest BCUT2D eigenvalue weighted by atomic mass is 10.1. The first kappa shape index (κ1) is 12.4. The Hall–Kier alpha value is -1.57. The van der Waals surface area contributed by atoms with Gasteiger partial charge < -0.3 is 15.8 Å². The molecule has 0 rings (SSSR count). The van der Waals surface area contributed by atoms with Crippen LogP contribution < -0.4 is 11.1 Å². The first-order valence-corrected chi connectivity index (χ1v) is 4.71. The lowest BCUT2D eigenvalue weighted by Crippen LogP contribution is -2.31. The number of nitrogens with one attached hydrogen (secondary N) is 1. The summed E-state index contributed by atoms with van der Waals surface area (Å²) in [4.78, 5) is 13.3. The third kappa shape index (κ3) is 8.53. The molecule has 0 atom stereocenters. The number of hydrogen-bond donors (Lipinski definition) is 2. The van der Waals surface area contributed by atoms with Crippen LogP contribution in [-0.4, -0.2) is 18.8 Å². The fraction of sp³-hybridized carbons (Fsp3) is 0.667. The van der Waals surface area contributed by atoms with Crippen molar-refractivity contribution in [1.29, 1.82) is 5.26 Å². The molecule has 0 fully saturated rings. The number of nitrogens with zero attached hydrogens (tertiary/aromatic N) is 2. The molecule has 0 aliphatic heterocycles. The fourth-order valence-electron chi connectivity index (χ4n) is 1.02. The molecule has 0 aliphatic rings. The molecule has 0 aliphatic carbocycles. The first-order valence-electron chi connectivity index (χ1n) is 4.71. The molecule has 14 heavy (non-hydrogen) atoms. The summed E-state index contributed by atoms with van der Waals surface area (Å²) >= 11 is 0. The van der Waals surface area contributed by atoms with Crippen molar-refractivity contribution in [2.45, 2.75) is 32.1 Å². The maximum atomic E-state index is 9.98. The van der Waals surface area contributed by atoms with Crippen LogP contribution in [0.5, 0.6) is 0 Å². The van der Waals surface area contributed by atoms with E-state index in [4.69, 9.17) is 11.0 Å². The van der Waals surface area contributed by atoms with Gasteiger partial charge in [0, 0.05) is 13.0 Å². The highest BCUT2D eigenvalue weighted by Gasteiger charge is 1.91. The Morgan fingerprint density at radius 2 is 2.14 bits per heavy atom. The highest BCUT2D eigenvalue weighted by Crippen LogP contribution is 2.00. The number of carbonyl (C=O) groups is 1. The van der Waals surface area contributed by atoms with Gasteiger partial charge in [0.2, 0.25) is 12.2 Å². The summed E-state index contributed by atoms with van der Waals surface area (Å²) in [7, 11) is 0. The fourth-order valence-corrected chi connectivity index (χ4v) is 1.02. The van der Waals surface area contributed by atoms with E-state index in [9.17, 15) is 4.79 Å². The second-order valence-corrected chi connectivity index (χ2v) is 2.89. The van der Waals surface area contributed by atoms with Crippen molar-refractivity contribution in [1.82, 2.24) is 5.32 Å². The van der Waals surface area contributed by atoms with Gasteiger partial charge in [-0.3, -0.25) is 0 Å². The second kappa shape index (κ2) is 9.52. The monoisotopic (exact) mass is 196 g/mol. The molecule has 0 saturated carbocycles. The summed E-state index contributed by atoms with van der Waals surface area (Å²) in [5, 5.41) is 11.0. The van der Waals surface area contributed by atoms with E-state index in [2.05, 4.69) is 10.3 Å². The van der Waals surface area contributed by atoms with Gasteiger partial charge in [-0.25, -0.2) is 0 Å². The summed E-state index contributed by atoms with van der Waals surface area (Å²) in [5.74, 6) is 0.167. The van der Waals surface area contributed by atoms with Crippen molar-refractivity contribution in [3.8, 4) is 6.19 Å². The Bertz CT molecular complexity index is 219. The van der Waals surface area contributed by atoms with Crippen molar-refractivity contribution in [3.63, 3.8) is 0 Å².